The maximum absolute atomic E-state index is 11.4. The van der Waals surface area contributed by atoms with E-state index in [0.717, 1.165) is 30.1 Å². The normalized spacial score (nSPS) is 13.6. The number of hydrogen-bond donors (Lipinski definition) is 1. The van der Waals surface area contributed by atoms with Gasteiger partial charge in [-0.1, -0.05) is 37.6 Å². The van der Waals surface area contributed by atoms with Crippen LogP contribution in [0.2, 0.25) is 5.02 Å². The van der Waals surface area contributed by atoms with Crippen molar-refractivity contribution in [1.82, 2.24) is 5.32 Å². The Bertz CT molecular complexity index is 529. The van der Waals surface area contributed by atoms with Gasteiger partial charge < -0.3 is 5.32 Å². The lowest BCUT2D eigenvalue weighted by Crippen LogP contribution is -2.28. The molecule has 0 heterocycles. The molecule has 0 amide bonds. The van der Waals surface area contributed by atoms with Crippen molar-refractivity contribution in [3.05, 3.63) is 34.9 Å². The van der Waals surface area contributed by atoms with Crippen LogP contribution in [0.3, 0.4) is 0 Å². The summed E-state index contributed by atoms with van der Waals surface area (Å²) < 4.78 is 22.8. The fourth-order valence-corrected chi connectivity index (χ4v) is 3.20. The van der Waals surface area contributed by atoms with E-state index < -0.39 is 9.84 Å². The second kappa shape index (κ2) is 8.76. The van der Waals surface area contributed by atoms with E-state index in [1.165, 1.54) is 6.26 Å². The predicted octanol–water partition coefficient (Wildman–Crippen LogP) is 3.18. The summed E-state index contributed by atoms with van der Waals surface area (Å²) in [4.78, 5) is 0. The van der Waals surface area contributed by atoms with Crippen LogP contribution in [-0.2, 0) is 16.3 Å². The fraction of sp³-hybridized carbons (Fsp3) is 0.625. The molecule has 5 heteroatoms. The van der Waals surface area contributed by atoms with Crippen LogP contribution in [0, 0.1) is 11.8 Å². The van der Waals surface area contributed by atoms with Gasteiger partial charge >= 0.3 is 0 Å². The minimum absolute atomic E-state index is 0.238. The highest BCUT2D eigenvalue weighted by Gasteiger charge is 2.13. The largest absolute Gasteiger partial charge is 0.316 e. The summed E-state index contributed by atoms with van der Waals surface area (Å²) in [5, 5.41) is 4.15. The van der Waals surface area contributed by atoms with E-state index in [9.17, 15) is 8.42 Å². The van der Waals surface area contributed by atoms with Gasteiger partial charge in [0.05, 0.1) is 5.75 Å². The fourth-order valence-electron chi connectivity index (χ4n) is 2.23. The predicted molar refractivity (Wildman–Crippen MR) is 90.7 cm³/mol. The molecule has 0 spiro atoms. The van der Waals surface area contributed by atoms with Crippen molar-refractivity contribution in [3.63, 3.8) is 0 Å². The molecule has 1 aromatic rings. The molecule has 1 unspecified atom stereocenters. The summed E-state index contributed by atoms with van der Waals surface area (Å²) >= 11 is 6.01. The van der Waals surface area contributed by atoms with Gasteiger partial charge in [0.25, 0.3) is 0 Å². The van der Waals surface area contributed by atoms with E-state index in [4.69, 9.17) is 11.6 Å². The first-order valence-corrected chi connectivity index (χ1v) is 9.83. The second-order valence-corrected chi connectivity index (χ2v) is 8.87. The van der Waals surface area contributed by atoms with Crippen LogP contribution in [0.15, 0.2) is 24.3 Å². The van der Waals surface area contributed by atoms with Crippen LogP contribution in [-0.4, -0.2) is 33.5 Å². The SMILES string of the molecule is CC(C)CNCC(CCS(C)(=O)=O)Cc1cccc(Cl)c1. The maximum atomic E-state index is 11.4. The summed E-state index contributed by atoms with van der Waals surface area (Å²) in [6, 6.07) is 7.79. The monoisotopic (exact) mass is 331 g/mol. The molecule has 0 bridgehead atoms. The maximum Gasteiger partial charge on any atom is 0.147 e. The zero-order valence-electron chi connectivity index (χ0n) is 13.1. The molecule has 1 atom stereocenters. The van der Waals surface area contributed by atoms with Gasteiger partial charge in [-0.25, -0.2) is 8.42 Å². The van der Waals surface area contributed by atoms with Crippen molar-refractivity contribution in [2.24, 2.45) is 11.8 Å². The van der Waals surface area contributed by atoms with Crippen molar-refractivity contribution in [1.29, 1.82) is 0 Å². The molecule has 0 aliphatic carbocycles. The summed E-state index contributed by atoms with van der Waals surface area (Å²) in [5.41, 5.74) is 1.16. The Morgan fingerprint density at radius 1 is 1.24 bits per heavy atom. The zero-order valence-corrected chi connectivity index (χ0v) is 14.7. The van der Waals surface area contributed by atoms with Gasteiger partial charge in [-0.15, -0.1) is 0 Å². The summed E-state index contributed by atoms with van der Waals surface area (Å²) in [6.07, 6.45) is 2.82. The van der Waals surface area contributed by atoms with E-state index >= 15 is 0 Å². The van der Waals surface area contributed by atoms with E-state index in [1.54, 1.807) is 0 Å². The van der Waals surface area contributed by atoms with Gasteiger partial charge in [0.1, 0.15) is 9.84 Å². The second-order valence-electron chi connectivity index (χ2n) is 6.17. The van der Waals surface area contributed by atoms with Crippen molar-refractivity contribution in [2.75, 3.05) is 25.1 Å². The Morgan fingerprint density at radius 2 is 1.95 bits per heavy atom. The van der Waals surface area contributed by atoms with E-state index in [0.29, 0.717) is 18.3 Å². The van der Waals surface area contributed by atoms with Crippen LogP contribution >= 0.6 is 11.6 Å². The molecular formula is C16H26ClNO2S. The summed E-state index contributed by atoms with van der Waals surface area (Å²) in [7, 11) is -2.91. The van der Waals surface area contributed by atoms with Crippen molar-refractivity contribution < 1.29 is 8.42 Å². The van der Waals surface area contributed by atoms with Gasteiger partial charge in [-0.2, -0.15) is 0 Å². The number of hydrogen-bond acceptors (Lipinski definition) is 3. The molecule has 120 valence electrons. The molecular weight excluding hydrogens is 306 g/mol. The molecule has 0 radical (unpaired) electrons. The summed E-state index contributed by atoms with van der Waals surface area (Å²) in [6.45, 7) is 6.11. The average molecular weight is 332 g/mol. The molecule has 1 aromatic carbocycles. The number of rotatable bonds is 9. The minimum Gasteiger partial charge on any atom is -0.316 e. The molecule has 1 rings (SSSR count). The third-order valence-electron chi connectivity index (χ3n) is 3.30. The Balaban J connectivity index is 2.61. The van der Waals surface area contributed by atoms with Crippen LogP contribution in [0.25, 0.3) is 0 Å². The highest BCUT2D eigenvalue weighted by atomic mass is 35.5. The topological polar surface area (TPSA) is 46.2 Å². The number of nitrogens with one attached hydrogen (secondary N) is 1. The molecule has 3 nitrogen and oxygen atoms in total. The lowest BCUT2D eigenvalue weighted by molar-refractivity contribution is 0.437. The van der Waals surface area contributed by atoms with E-state index in [1.807, 2.05) is 24.3 Å². The molecule has 0 fully saturated rings. The smallest absolute Gasteiger partial charge is 0.147 e. The molecule has 1 N–H and O–H groups in total. The Hall–Kier alpha value is -0.580. The van der Waals surface area contributed by atoms with Crippen LogP contribution in [0.4, 0.5) is 0 Å². The van der Waals surface area contributed by atoms with Gasteiger partial charge in [-0.3, -0.25) is 0 Å². The average Bonchev–Trinajstić information content (AvgIpc) is 2.34. The third-order valence-corrected chi connectivity index (χ3v) is 4.51. The van der Waals surface area contributed by atoms with Crippen molar-refractivity contribution in [2.45, 2.75) is 26.7 Å². The third kappa shape index (κ3) is 9.12. The zero-order chi connectivity index (χ0) is 15.9. The molecule has 0 saturated heterocycles. The Labute approximate surface area is 134 Å². The van der Waals surface area contributed by atoms with Crippen LogP contribution < -0.4 is 5.32 Å². The minimum atomic E-state index is -2.91. The molecule has 21 heavy (non-hydrogen) atoms. The van der Waals surface area contributed by atoms with Crippen molar-refractivity contribution in [3.8, 4) is 0 Å². The number of sulfone groups is 1. The Morgan fingerprint density at radius 3 is 2.52 bits per heavy atom. The highest BCUT2D eigenvalue weighted by molar-refractivity contribution is 7.90. The van der Waals surface area contributed by atoms with Gasteiger partial charge in [-0.05, 0) is 55.5 Å². The van der Waals surface area contributed by atoms with Crippen LogP contribution in [0.5, 0.6) is 0 Å². The van der Waals surface area contributed by atoms with Gasteiger partial charge in [0.15, 0.2) is 0 Å². The first-order chi connectivity index (χ1) is 9.76. The van der Waals surface area contributed by atoms with Gasteiger partial charge in [0, 0.05) is 11.3 Å². The molecule has 0 saturated carbocycles. The van der Waals surface area contributed by atoms with Crippen molar-refractivity contribution >= 4 is 21.4 Å². The number of halogens is 1. The van der Waals surface area contributed by atoms with E-state index in [-0.39, 0.29) is 5.75 Å². The quantitative estimate of drug-likeness (QED) is 0.756. The first kappa shape index (κ1) is 18.5. The summed E-state index contributed by atoms with van der Waals surface area (Å²) in [5.74, 6) is 1.13. The molecule has 0 aliphatic heterocycles. The van der Waals surface area contributed by atoms with Gasteiger partial charge in [0.2, 0.25) is 0 Å². The standard InChI is InChI=1S/C16H26ClNO2S/c1-13(2)11-18-12-15(7-8-21(3,19)20)9-14-5-4-6-16(17)10-14/h4-6,10,13,15,18H,7-9,11-12H2,1-3H3. The first-order valence-electron chi connectivity index (χ1n) is 7.39. The lowest BCUT2D eigenvalue weighted by atomic mass is 9.96. The number of benzene rings is 1. The van der Waals surface area contributed by atoms with Crippen LogP contribution in [0.1, 0.15) is 25.8 Å². The highest BCUT2D eigenvalue weighted by Crippen LogP contribution is 2.17. The molecule has 0 aromatic heterocycles. The molecule has 0 aliphatic rings. The lowest BCUT2D eigenvalue weighted by Gasteiger charge is -2.18. The Kier molecular flexibility index (Phi) is 7.71. The van der Waals surface area contributed by atoms with E-state index in [2.05, 4.69) is 19.2 Å².